The van der Waals surface area contributed by atoms with Crippen LogP contribution in [0, 0.1) is 13.8 Å². The van der Waals surface area contributed by atoms with Crippen LogP contribution in [-0.2, 0) is 0 Å². The minimum Gasteiger partial charge on any atom is -1.00 e. The SMILES string of the molecule is C.C.C.C.Cc1ccc(C)[nH]1.[Cl-]. The third kappa shape index (κ3) is 9.57. The van der Waals surface area contributed by atoms with Crippen LogP contribution in [0.1, 0.15) is 41.1 Å². The highest BCUT2D eigenvalue weighted by atomic mass is 35.5. The molecule has 0 aliphatic heterocycles. The topological polar surface area (TPSA) is 15.8 Å². The molecule has 0 unspecified atom stereocenters. The highest BCUT2D eigenvalue weighted by Gasteiger charge is 1.82. The van der Waals surface area contributed by atoms with Crippen molar-refractivity contribution < 1.29 is 12.4 Å². The molecule has 0 radical (unpaired) electrons. The van der Waals surface area contributed by atoms with Crippen LogP contribution in [0.4, 0.5) is 0 Å². The molecule has 78 valence electrons. The van der Waals surface area contributed by atoms with Crippen LogP contribution in [-0.4, -0.2) is 4.98 Å². The molecule has 12 heavy (non-hydrogen) atoms. The van der Waals surface area contributed by atoms with Crippen molar-refractivity contribution in [2.75, 3.05) is 0 Å². The molecule has 2 heteroatoms. The van der Waals surface area contributed by atoms with Crippen molar-refractivity contribution in [3.63, 3.8) is 0 Å². The smallest absolute Gasteiger partial charge is 0.0117 e. The molecule has 1 aromatic rings. The number of H-pyrrole nitrogens is 1. The number of halogens is 1. The number of aromatic amines is 1. The van der Waals surface area contributed by atoms with Crippen molar-refractivity contribution >= 4 is 0 Å². The van der Waals surface area contributed by atoms with E-state index in [0.717, 1.165) is 0 Å². The molecule has 0 saturated carbocycles. The zero-order valence-corrected chi connectivity index (χ0v) is 5.79. The van der Waals surface area contributed by atoms with E-state index < -0.39 is 0 Å². The zero-order chi connectivity index (χ0) is 5.28. The second-order valence-electron chi connectivity index (χ2n) is 1.82. The van der Waals surface area contributed by atoms with E-state index in [1.807, 2.05) is 13.8 Å². The zero-order valence-electron chi connectivity index (χ0n) is 5.03. The summed E-state index contributed by atoms with van der Waals surface area (Å²) >= 11 is 0. The lowest BCUT2D eigenvalue weighted by Gasteiger charge is -1.77. The van der Waals surface area contributed by atoms with Crippen LogP contribution in [0.25, 0.3) is 0 Å². The maximum atomic E-state index is 3.14. The Bertz CT molecular complexity index is 142. The molecule has 0 aliphatic carbocycles. The normalized spacial score (nSPS) is 5.50. The molecule has 0 bridgehead atoms. The molecule has 0 saturated heterocycles. The molecule has 1 N–H and O–H groups in total. The first-order chi connectivity index (χ1) is 3.29. The molecule has 0 aliphatic rings. The monoisotopic (exact) mass is 194 g/mol. The summed E-state index contributed by atoms with van der Waals surface area (Å²) in [5, 5.41) is 0. The summed E-state index contributed by atoms with van der Waals surface area (Å²) in [4.78, 5) is 3.14. The van der Waals surface area contributed by atoms with Gasteiger partial charge in [0.25, 0.3) is 0 Å². The number of hydrogen-bond acceptors (Lipinski definition) is 0. The van der Waals surface area contributed by atoms with Crippen molar-refractivity contribution in [3.8, 4) is 0 Å². The highest BCUT2D eigenvalue weighted by molar-refractivity contribution is 5.09. The van der Waals surface area contributed by atoms with Gasteiger partial charge in [-0.05, 0) is 26.0 Å². The molecular formula is C10H25ClN-. The highest BCUT2D eigenvalue weighted by Crippen LogP contribution is 1.95. The van der Waals surface area contributed by atoms with E-state index in [1.165, 1.54) is 11.4 Å². The Hall–Kier alpha value is -0.430. The second kappa shape index (κ2) is 13.2. The Kier molecular flexibility index (Phi) is 32.9. The number of aromatic nitrogens is 1. The molecule has 0 aromatic carbocycles. The van der Waals surface area contributed by atoms with Crippen LogP contribution in [0.3, 0.4) is 0 Å². The van der Waals surface area contributed by atoms with Gasteiger partial charge in [-0.3, -0.25) is 0 Å². The van der Waals surface area contributed by atoms with E-state index in [-0.39, 0.29) is 42.1 Å². The lowest BCUT2D eigenvalue weighted by Crippen LogP contribution is -3.00. The van der Waals surface area contributed by atoms with Gasteiger partial charge in [-0.2, -0.15) is 0 Å². The average Bonchev–Trinajstić information content (AvgIpc) is 1.87. The van der Waals surface area contributed by atoms with Crippen molar-refractivity contribution in [2.24, 2.45) is 0 Å². The first-order valence-electron chi connectivity index (χ1n) is 2.41. The fraction of sp³-hybridized carbons (Fsp3) is 0.600. The molecular weight excluding hydrogens is 170 g/mol. The Balaban J connectivity index is -0.0000000327. The minimum atomic E-state index is 0. The van der Waals surface area contributed by atoms with E-state index in [4.69, 9.17) is 0 Å². The minimum absolute atomic E-state index is 0. The molecule has 0 atom stereocenters. The van der Waals surface area contributed by atoms with Crippen LogP contribution in [0.2, 0.25) is 0 Å². The van der Waals surface area contributed by atoms with Gasteiger partial charge in [-0.15, -0.1) is 0 Å². The molecule has 0 amide bonds. The maximum Gasteiger partial charge on any atom is 0.0117 e. The number of hydrogen-bond donors (Lipinski definition) is 1. The third-order valence-corrected chi connectivity index (χ3v) is 0.978. The van der Waals surface area contributed by atoms with Crippen molar-refractivity contribution in [3.05, 3.63) is 23.5 Å². The summed E-state index contributed by atoms with van der Waals surface area (Å²) < 4.78 is 0. The van der Waals surface area contributed by atoms with E-state index in [0.29, 0.717) is 0 Å². The Labute approximate surface area is 85.0 Å². The standard InChI is InChI=1S/C6H9N.4CH4.ClH/c1-5-3-4-6(2)7-5;;;;;/h3-4,7H,1-2H3;4*1H4;1H/p-1. The molecule has 1 rings (SSSR count). The predicted octanol–water partition coefficient (Wildman–Crippen LogP) is 1.18. The summed E-state index contributed by atoms with van der Waals surface area (Å²) in [6.45, 7) is 4.10. The van der Waals surface area contributed by atoms with Crippen LogP contribution < -0.4 is 12.4 Å². The quantitative estimate of drug-likeness (QED) is 0.639. The van der Waals surface area contributed by atoms with E-state index in [2.05, 4.69) is 17.1 Å². The lowest BCUT2D eigenvalue weighted by atomic mass is 10.5. The van der Waals surface area contributed by atoms with Crippen molar-refractivity contribution in [2.45, 2.75) is 43.6 Å². The Morgan fingerprint density at radius 3 is 1.17 bits per heavy atom. The predicted molar refractivity (Wildman–Crippen MR) is 57.2 cm³/mol. The number of rotatable bonds is 0. The first kappa shape index (κ1) is 29.9. The van der Waals surface area contributed by atoms with E-state index in [1.54, 1.807) is 0 Å². The van der Waals surface area contributed by atoms with Gasteiger partial charge in [0.2, 0.25) is 0 Å². The summed E-state index contributed by atoms with van der Waals surface area (Å²) in [6.07, 6.45) is 0. The van der Waals surface area contributed by atoms with Gasteiger partial charge in [0, 0.05) is 11.4 Å². The lowest BCUT2D eigenvalue weighted by molar-refractivity contribution is -0.00000333. The van der Waals surface area contributed by atoms with Gasteiger partial charge in [0.05, 0.1) is 0 Å². The van der Waals surface area contributed by atoms with Gasteiger partial charge in [0.1, 0.15) is 0 Å². The van der Waals surface area contributed by atoms with Crippen LogP contribution in [0.5, 0.6) is 0 Å². The summed E-state index contributed by atoms with van der Waals surface area (Å²) in [5.41, 5.74) is 2.47. The van der Waals surface area contributed by atoms with E-state index in [9.17, 15) is 0 Å². The first-order valence-corrected chi connectivity index (χ1v) is 2.41. The second-order valence-corrected chi connectivity index (χ2v) is 1.82. The largest absolute Gasteiger partial charge is 1.00 e. The number of nitrogens with one attached hydrogen (secondary N) is 1. The summed E-state index contributed by atoms with van der Waals surface area (Å²) in [6, 6.07) is 4.13. The molecule has 1 nitrogen and oxygen atoms in total. The average molecular weight is 195 g/mol. The fourth-order valence-electron chi connectivity index (χ4n) is 0.644. The Morgan fingerprint density at radius 2 is 1.08 bits per heavy atom. The van der Waals surface area contributed by atoms with Gasteiger partial charge in [0.15, 0.2) is 0 Å². The summed E-state index contributed by atoms with van der Waals surface area (Å²) in [7, 11) is 0. The van der Waals surface area contributed by atoms with Gasteiger partial charge in [-0.25, -0.2) is 0 Å². The number of aryl methyl sites for hydroxylation is 2. The van der Waals surface area contributed by atoms with Crippen LogP contribution in [0.15, 0.2) is 12.1 Å². The fourth-order valence-corrected chi connectivity index (χ4v) is 0.644. The van der Waals surface area contributed by atoms with Crippen LogP contribution >= 0.6 is 0 Å². The van der Waals surface area contributed by atoms with Gasteiger partial charge < -0.3 is 17.4 Å². The Morgan fingerprint density at radius 1 is 0.833 bits per heavy atom. The van der Waals surface area contributed by atoms with Crippen molar-refractivity contribution in [1.29, 1.82) is 0 Å². The van der Waals surface area contributed by atoms with E-state index >= 15 is 0 Å². The van der Waals surface area contributed by atoms with Gasteiger partial charge in [-0.1, -0.05) is 29.7 Å². The molecule has 0 fully saturated rings. The molecule has 0 spiro atoms. The molecule has 1 heterocycles. The van der Waals surface area contributed by atoms with Gasteiger partial charge >= 0.3 is 0 Å². The maximum absolute atomic E-state index is 3.14. The molecule has 1 aromatic heterocycles. The third-order valence-electron chi connectivity index (χ3n) is 0.978. The summed E-state index contributed by atoms with van der Waals surface area (Å²) in [5.74, 6) is 0. The van der Waals surface area contributed by atoms with Crippen molar-refractivity contribution in [1.82, 2.24) is 4.98 Å².